The Balaban J connectivity index is 2.01. The van der Waals surface area contributed by atoms with Crippen LogP contribution in [0.15, 0.2) is 24.3 Å². The standard InChI is InChI=1S/C18H26N2O3/c1-5-13(4)19-18(22)14-10-17(21)20(11-14)15-6-8-16(9-7-15)23-12(2)3/h6-9,12-14H,5,10-11H2,1-4H3,(H,19,22)/t13-,14-/m0/s1. The van der Waals surface area contributed by atoms with Gasteiger partial charge >= 0.3 is 0 Å². The van der Waals surface area contributed by atoms with Gasteiger partial charge in [-0.25, -0.2) is 0 Å². The number of carbonyl (C=O) groups excluding carboxylic acids is 2. The number of rotatable bonds is 6. The van der Waals surface area contributed by atoms with E-state index in [0.717, 1.165) is 17.9 Å². The molecule has 2 rings (SSSR count). The van der Waals surface area contributed by atoms with E-state index in [4.69, 9.17) is 4.74 Å². The van der Waals surface area contributed by atoms with Gasteiger partial charge in [0.25, 0.3) is 0 Å². The molecule has 5 nitrogen and oxygen atoms in total. The highest BCUT2D eigenvalue weighted by molar-refractivity contribution is 6.00. The van der Waals surface area contributed by atoms with Crippen LogP contribution in [-0.4, -0.2) is 30.5 Å². The number of ether oxygens (including phenoxy) is 1. The molecule has 1 heterocycles. The van der Waals surface area contributed by atoms with Crippen LogP contribution in [0.1, 0.15) is 40.5 Å². The normalized spacial score (nSPS) is 19.1. The lowest BCUT2D eigenvalue weighted by atomic mass is 10.1. The fourth-order valence-corrected chi connectivity index (χ4v) is 2.57. The van der Waals surface area contributed by atoms with Crippen molar-refractivity contribution in [3.8, 4) is 5.75 Å². The first-order chi connectivity index (χ1) is 10.9. The van der Waals surface area contributed by atoms with E-state index in [1.54, 1.807) is 4.90 Å². The number of amides is 2. The van der Waals surface area contributed by atoms with Gasteiger partial charge in [-0.15, -0.1) is 0 Å². The minimum absolute atomic E-state index is 0.00757. The quantitative estimate of drug-likeness (QED) is 0.877. The van der Waals surface area contributed by atoms with Gasteiger partial charge in [-0.2, -0.15) is 0 Å². The number of hydrogen-bond acceptors (Lipinski definition) is 3. The van der Waals surface area contributed by atoms with Crippen molar-refractivity contribution in [1.29, 1.82) is 0 Å². The molecule has 1 fully saturated rings. The SMILES string of the molecule is CC[C@H](C)NC(=O)[C@H]1CC(=O)N(c2ccc(OC(C)C)cc2)C1. The number of carbonyl (C=O) groups is 2. The largest absolute Gasteiger partial charge is 0.491 e. The van der Waals surface area contributed by atoms with E-state index in [0.29, 0.717) is 6.54 Å². The molecule has 0 unspecified atom stereocenters. The van der Waals surface area contributed by atoms with E-state index in [1.165, 1.54) is 0 Å². The highest BCUT2D eigenvalue weighted by Crippen LogP contribution is 2.27. The van der Waals surface area contributed by atoms with Crippen LogP contribution in [0, 0.1) is 5.92 Å². The first kappa shape index (κ1) is 17.3. The molecular weight excluding hydrogens is 292 g/mol. The van der Waals surface area contributed by atoms with Crippen LogP contribution in [0.2, 0.25) is 0 Å². The molecule has 0 aliphatic carbocycles. The predicted molar refractivity (Wildman–Crippen MR) is 90.6 cm³/mol. The lowest BCUT2D eigenvalue weighted by molar-refractivity contribution is -0.126. The van der Waals surface area contributed by atoms with Crippen molar-refractivity contribution in [3.05, 3.63) is 24.3 Å². The summed E-state index contributed by atoms with van der Waals surface area (Å²) in [6, 6.07) is 7.58. The molecule has 1 N–H and O–H groups in total. The minimum atomic E-state index is -0.275. The van der Waals surface area contributed by atoms with Crippen molar-refractivity contribution < 1.29 is 14.3 Å². The summed E-state index contributed by atoms with van der Waals surface area (Å²) in [5.74, 6) is 0.464. The summed E-state index contributed by atoms with van der Waals surface area (Å²) in [4.78, 5) is 26.1. The Morgan fingerprint density at radius 2 is 1.96 bits per heavy atom. The molecule has 1 aliphatic rings. The molecule has 0 aromatic heterocycles. The number of hydrogen-bond donors (Lipinski definition) is 1. The maximum atomic E-state index is 12.2. The zero-order valence-corrected chi connectivity index (χ0v) is 14.3. The van der Waals surface area contributed by atoms with Gasteiger partial charge in [0.15, 0.2) is 0 Å². The third kappa shape index (κ3) is 4.47. The summed E-state index contributed by atoms with van der Waals surface area (Å²) in [7, 11) is 0. The van der Waals surface area contributed by atoms with Gasteiger partial charge in [0.1, 0.15) is 5.75 Å². The van der Waals surface area contributed by atoms with Crippen molar-refractivity contribution in [2.75, 3.05) is 11.4 Å². The smallest absolute Gasteiger partial charge is 0.227 e. The van der Waals surface area contributed by atoms with Gasteiger partial charge in [0.05, 0.1) is 12.0 Å². The third-order valence-corrected chi connectivity index (χ3v) is 4.02. The summed E-state index contributed by atoms with van der Waals surface area (Å²) in [5.41, 5.74) is 0.810. The van der Waals surface area contributed by atoms with E-state index in [-0.39, 0.29) is 36.3 Å². The second-order valence-electron chi connectivity index (χ2n) is 6.38. The zero-order valence-electron chi connectivity index (χ0n) is 14.3. The van der Waals surface area contributed by atoms with Gasteiger partial charge < -0.3 is 15.0 Å². The van der Waals surface area contributed by atoms with Crippen molar-refractivity contribution >= 4 is 17.5 Å². The summed E-state index contributed by atoms with van der Waals surface area (Å²) >= 11 is 0. The zero-order chi connectivity index (χ0) is 17.0. The molecule has 126 valence electrons. The Morgan fingerprint density at radius 1 is 1.30 bits per heavy atom. The number of nitrogens with zero attached hydrogens (tertiary/aromatic N) is 1. The highest BCUT2D eigenvalue weighted by atomic mass is 16.5. The van der Waals surface area contributed by atoms with Crippen LogP contribution < -0.4 is 15.0 Å². The van der Waals surface area contributed by atoms with Crippen LogP contribution in [0.5, 0.6) is 5.75 Å². The van der Waals surface area contributed by atoms with Crippen molar-refractivity contribution in [2.24, 2.45) is 5.92 Å². The van der Waals surface area contributed by atoms with Gasteiger partial charge in [0, 0.05) is 24.7 Å². The summed E-state index contributed by atoms with van der Waals surface area (Å²) in [6.07, 6.45) is 1.27. The topological polar surface area (TPSA) is 58.6 Å². The average Bonchev–Trinajstić information content (AvgIpc) is 2.89. The molecule has 2 amide bonds. The van der Waals surface area contributed by atoms with Crippen molar-refractivity contribution in [1.82, 2.24) is 5.32 Å². The Bertz CT molecular complexity index is 554. The fraction of sp³-hybridized carbons (Fsp3) is 0.556. The van der Waals surface area contributed by atoms with Crippen LogP contribution in [-0.2, 0) is 9.59 Å². The molecule has 1 aliphatic heterocycles. The first-order valence-electron chi connectivity index (χ1n) is 8.28. The van der Waals surface area contributed by atoms with Crippen LogP contribution in [0.4, 0.5) is 5.69 Å². The predicted octanol–water partition coefficient (Wildman–Crippen LogP) is 2.74. The van der Waals surface area contributed by atoms with E-state index < -0.39 is 0 Å². The van der Waals surface area contributed by atoms with E-state index in [9.17, 15) is 9.59 Å². The second kappa shape index (κ2) is 7.49. The second-order valence-corrected chi connectivity index (χ2v) is 6.38. The molecule has 5 heteroatoms. The molecule has 2 atom stereocenters. The molecule has 23 heavy (non-hydrogen) atoms. The molecule has 0 radical (unpaired) electrons. The van der Waals surface area contributed by atoms with Crippen LogP contribution >= 0.6 is 0 Å². The van der Waals surface area contributed by atoms with Crippen molar-refractivity contribution in [2.45, 2.75) is 52.7 Å². The molecule has 0 spiro atoms. The Kier molecular flexibility index (Phi) is 5.64. The maximum absolute atomic E-state index is 12.2. The fourth-order valence-electron chi connectivity index (χ4n) is 2.57. The van der Waals surface area contributed by atoms with Gasteiger partial charge in [0.2, 0.25) is 11.8 Å². The molecule has 1 aromatic rings. The van der Waals surface area contributed by atoms with Crippen LogP contribution in [0.25, 0.3) is 0 Å². The Hall–Kier alpha value is -2.04. The monoisotopic (exact) mass is 318 g/mol. The minimum Gasteiger partial charge on any atom is -0.491 e. The molecular formula is C18H26N2O3. The molecule has 0 saturated carbocycles. The first-order valence-corrected chi connectivity index (χ1v) is 8.28. The Labute approximate surface area is 138 Å². The van der Waals surface area contributed by atoms with E-state index >= 15 is 0 Å². The van der Waals surface area contributed by atoms with Crippen molar-refractivity contribution in [3.63, 3.8) is 0 Å². The number of nitrogens with one attached hydrogen (secondary N) is 1. The average molecular weight is 318 g/mol. The lowest BCUT2D eigenvalue weighted by Crippen LogP contribution is -2.38. The summed E-state index contributed by atoms with van der Waals surface area (Å²) in [6.45, 7) is 8.38. The van der Waals surface area contributed by atoms with Gasteiger partial charge in [-0.1, -0.05) is 6.92 Å². The summed E-state index contributed by atoms with van der Waals surface area (Å²) < 4.78 is 5.61. The van der Waals surface area contributed by atoms with Crippen LogP contribution in [0.3, 0.4) is 0 Å². The summed E-state index contributed by atoms with van der Waals surface area (Å²) in [5, 5.41) is 2.96. The third-order valence-electron chi connectivity index (χ3n) is 4.02. The number of anilines is 1. The highest BCUT2D eigenvalue weighted by Gasteiger charge is 2.35. The van der Waals surface area contributed by atoms with Gasteiger partial charge in [-0.05, 0) is 51.5 Å². The lowest BCUT2D eigenvalue weighted by Gasteiger charge is -2.18. The van der Waals surface area contributed by atoms with Gasteiger partial charge in [-0.3, -0.25) is 9.59 Å². The molecule has 0 bridgehead atoms. The van der Waals surface area contributed by atoms with E-state index in [2.05, 4.69) is 5.32 Å². The van der Waals surface area contributed by atoms with E-state index in [1.807, 2.05) is 52.0 Å². The Morgan fingerprint density at radius 3 is 2.52 bits per heavy atom. The molecule has 1 saturated heterocycles. The maximum Gasteiger partial charge on any atom is 0.227 e. The number of benzene rings is 1. The molecule has 1 aromatic carbocycles.